The van der Waals surface area contributed by atoms with Crippen LogP contribution in [0.25, 0.3) is 0 Å². The summed E-state index contributed by atoms with van der Waals surface area (Å²) < 4.78 is 0. The lowest BCUT2D eigenvalue weighted by Gasteiger charge is -2.19. The van der Waals surface area contributed by atoms with Gasteiger partial charge in [-0.15, -0.1) is 0 Å². The minimum atomic E-state index is -0.368. The molecule has 0 aliphatic rings. The van der Waals surface area contributed by atoms with E-state index in [1.807, 2.05) is 17.9 Å². The van der Waals surface area contributed by atoms with Gasteiger partial charge in [0.1, 0.15) is 0 Å². The summed E-state index contributed by atoms with van der Waals surface area (Å²) in [5, 5.41) is 19.6. The van der Waals surface area contributed by atoms with Gasteiger partial charge in [-0.25, -0.2) is 0 Å². The minimum Gasteiger partial charge on any atom is -0.286 e. The molecular weight excluding hydrogens is 230 g/mol. The van der Waals surface area contributed by atoms with E-state index in [2.05, 4.69) is 6.07 Å². The van der Waals surface area contributed by atoms with Gasteiger partial charge in [0, 0.05) is 18.2 Å². The van der Waals surface area contributed by atoms with Gasteiger partial charge in [-0.05, 0) is 25.5 Å². The standard InChI is InChI=1S/C13H17N3O2/c1-3-8-15(9-7-14)10-12-5-4-6-13(11(12)2)16(17)18/h4-6H,3,8-10H2,1-2H3. The quantitative estimate of drug-likeness (QED) is 0.440. The number of nitro benzene ring substituents is 1. The van der Waals surface area contributed by atoms with Gasteiger partial charge in [-0.2, -0.15) is 5.26 Å². The van der Waals surface area contributed by atoms with E-state index in [-0.39, 0.29) is 10.6 Å². The molecule has 0 aliphatic carbocycles. The Hall–Kier alpha value is -1.93. The van der Waals surface area contributed by atoms with Crippen molar-refractivity contribution in [3.8, 4) is 6.07 Å². The third-order valence-electron chi connectivity index (χ3n) is 2.84. The van der Waals surface area contributed by atoms with Gasteiger partial charge in [-0.3, -0.25) is 15.0 Å². The van der Waals surface area contributed by atoms with E-state index < -0.39 is 0 Å². The Balaban J connectivity index is 2.93. The molecule has 1 aromatic carbocycles. The van der Waals surface area contributed by atoms with Gasteiger partial charge in [0.05, 0.1) is 17.5 Å². The Morgan fingerprint density at radius 3 is 2.78 bits per heavy atom. The predicted molar refractivity (Wildman–Crippen MR) is 69.0 cm³/mol. The van der Waals surface area contributed by atoms with E-state index in [9.17, 15) is 10.1 Å². The zero-order valence-corrected chi connectivity index (χ0v) is 10.7. The van der Waals surface area contributed by atoms with Crippen LogP contribution in [0.2, 0.25) is 0 Å². The van der Waals surface area contributed by atoms with Gasteiger partial charge >= 0.3 is 0 Å². The highest BCUT2D eigenvalue weighted by Crippen LogP contribution is 2.22. The lowest BCUT2D eigenvalue weighted by molar-refractivity contribution is -0.385. The summed E-state index contributed by atoms with van der Waals surface area (Å²) in [7, 11) is 0. The summed E-state index contributed by atoms with van der Waals surface area (Å²) in [6.45, 7) is 5.54. The van der Waals surface area contributed by atoms with E-state index in [1.165, 1.54) is 6.07 Å². The predicted octanol–water partition coefficient (Wildman–Crippen LogP) is 2.64. The summed E-state index contributed by atoms with van der Waals surface area (Å²) >= 11 is 0. The first kappa shape index (κ1) is 14.1. The Bertz CT molecular complexity index is 466. The molecule has 0 heterocycles. The Morgan fingerprint density at radius 2 is 2.22 bits per heavy atom. The molecule has 0 aromatic heterocycles. The molecule has 5 nitrogen and oxygen atoms in total. The number of nitro groups is 1. The largest absolute Gasteiger partial charge is 0.286 e. The molecule has 18 heavy (non-hydrogen) atoms. The third-order valence-corrected chi connectivity index (χ3v) is 2.84. The summed E-state index contributed by atoms with van der Waals surface area (Å²) in [5.41, 5.74) is 1.73. The van der Waals surface area contributed by atoms with Crippen LogP contribution < -0.4 is 0 Å². The van der Waals surface area contributed by atoms with Crippen molar-refractivity contribution in [2.75, 3.05) is 13.1 Å². The molecule has 96 valence electrons. The molecule has 5 heteroatoms. The normalized spacial score (nSPS) is 10.3. The van der Waals surface area contributed by atoms with Crippen molar-refractivity contribution in [3.63, 3.8) is 0 Å². The fourth-order valence-corrected chi connectivity index (χ4v) is 1.91. The smallest absolute Gasteiger partial charge is 0.272 e. The Kier molecular flexibility index (Phi) is 5.28. The first-order valence-corrected chi connectivity index (χ1v) is 5.92. The van der Waals surface area contributed by atoms with E-state index in [0.29, 0.717) is 18.7 Å². The summed E-state index contributed by atoms with van der Waals surface area (Å²) in [5.74, 6) is 0. The second-order valence-electron chi connectivity index (χ2n) is 4.19. The lowest BCUT2D eigenvalue weighted by atomic mass is 10.1. The van der Waals surface area contributed by atoms with Crippen molar-refractivity contribution >= 4 is 5.69 Å². The number of benzene rings is 1. The van der Waals surface area contributed by atoms with Crippen LogP contribution in [0, 0.1) is 28.4 Å². The molecule has 1 aromatic rings. The Morgan fingerprint density at radius 1 is 1.50 bits per heavy atom. The van der Waals surface area contributed by atoms with E-state index in [4.69, 9.17) is 5.26 Å². The van der Waals surface area contributed by atoms with Crippen molar-refractivity contribution in [3.05, 3.63) is 39.4 Å². The third kappa shape index (κ3) is 3.54. The van der Waals surface area contributed by atoms with Gasteiger partial charge in [0.25, 0.3) is 5.69 Å². The minimum absolute atomic E-state index is 0.140. The molecule has 0 unspecified atom stereocenters. The number of hydrogen-bond donors (Lipinski definition) is 0. The molecule has 0 spiro atoms. The molecule has 0 atom stereocenters. The second-order valence-corrected chi connectivity index (χ2v) is 4.19. The van der Waals surface area contributed by atoms with Gasteiger partial charge in [0.2, 0.25) is 0 Å². The Labute approximate surface area is 107 Å². The maximum absolute atomic E-state index is 10.9. The number of nitrogens with zero attached hydrogens (tertiary/aromatic N) is 3. The van der Waals surface area contributed by atoms with Crippen LogP contribution in [0.4, 0.5) is 5.69 Å². The van der Waals surface area contributed by atoms with Crippen LogP contribution in [0.3, 0.4) is 0 Å². The van der Waals surface area contributed by atoms with Crippen molar-refractivity contribution in [2.45, 2.75) is 26.8 Å². The van der Waals surface area contributed by atoms with Crippen molar-refractivity contribution in [1.82, 2.24) is 4.90 Å². The highest BCUT2D eigenvalue weighted by Gasteiger charge is 2.14. The van der Waals surface area contributed by atoms with Crippen LogP contribution in [0.5, 0.6) is 0 Å². The second kappa shape index (κ2) is 6.72. The van der Waals surface area contributed by atoms with Crippen LogP contribution >= 0.6 is 0 Å². The molecule has 0 amide bonds. The first-order valence-electron chi connectivity index (χ1n) is 5.92. The number of nitriles is 1. The average molecular weight is 247 g/mol. The van der Waals surface area contributed by atoms with Crippen molar-refractivity contribution in [1.29, 1.82) is 5.26 Å². The molecule has 1 rings (SSSR count). The van der Waals surface area contributed by atoms with Crippen LogP contribution in [0.1, 0.15) is 24.5 Å². The summed E-state index contributed by atoms with van der Waals surface area (Å²) in [6.07, 6.45) is 0.954. The summed E-state index contributed by atoms with van der Waals surface area (Å²) in [6, 6.07) is 7.20. The topological polar surface area (TPSA) is 70.2 Å². The molecular formula is C13H17N3O2. The lowest BCUT2D eigenvalue weighted by Crippen LogP contribution is -2.24. The zero-order chi connectivity index (χ0) is 13.5. The number of rotatable bonds is 6. The van der Waals surface area contributed by atoms with Gasteiger partial charge in [0.15, 0.2) is 0 Å². The highest BCUT2D eigenvalue weighted by atomic mass is 16.6. The maximum atomic E-state index is 10.9. The molecule has 0 saturated carbocycles. The molecule has 0 saturated heterocycles. The molecule has 0 bridgehead atoms. The zero-order valence-electron chi connectivity index (χ0n) is 10.7. The molecule has 0 fully saturated rings. The first-order chi connectivity index (χ1) is 8.60. The van der Waals surface area contributed by atoms with Crippen LogP contribution in [0.15, 0.2) is 18.2 Å². The molecule has 0 aliphatic heterocycles. The summed E-state index contributed by atoms with van der Waals surface area (Å²) in [4.78, 5) is 12.5. The maximum Gasteiger partial charge on any atom is 0.272 e. The molecule has 0 N–H and O–H groups in total. The van der Waals surface area contributed by atoms with E-state index in [1.54, 1.807) is 13.0 Å². The molecule has 0 radical (unpaired) electrons. The van der Waals surface area contributed by atoms with Gasteiger partial charge in [-0.1, -0.05) is 19.1 Å². The van der Waals surface area contributed by atoms with Crippen molar-refractivity contribution < 1.29 is 4.92 Å². The van der Waals surface area contributed by atoms with E-state index in [0.717, 1.165) is 18.5 Å². The van der Waals surface area contributed by atoms with Crippen LogP contribution in [-0.4, -0.2) is 22.9 Å². The van der Waals surface area contributed by atoms with E-state index >= 15 is 0 Å². The average Bonchev–Trinajstić information content (AvgIpc) is 2.32. The highest BCUT2D eigenvalue weighted by molar-refractivity contribution is 5.44. The fourth-order valence-electron chi connectivity index (χ4n) is 1.91. The van der Waals surface area contributed by atoms with Crippen molar-refractivity contribution in [2.24, 2.45) is 0 Å². The van der Waals surface area contributed by atoms with Crippen LogP contribution in [-0.2, 0) is 6.54 Å². The SMILES string of the molecule is CCCN(CC#N)Cc1cccc([N+](=O)[O-])c1C. The fraction of sp³-hybridized carbons (Fsp3) is 0.462. The monoisotopic (exact) mass is 247 g/mol. The van der Waals surface area contributed by atoms with Gasteiger partial charge < -0.3 is 0 Å². The number of hydrogen-bond acceptors (Lipinski definition) is 4.